The van der Waals surface area contributed by atoms with Gasteiger partial charge in [0.25, 0.3) is 0 Å². The summed E-state index contributed by atoms with van der Waals surface area (Å²) >= 11 is 0. The highest BCUT2D eigenvalue weighted by Gasteiger charge is 2.43. The molecule has 1 aliphatic rings. The van der Waals surface area contributed by atoms with E-state index in [1.54, 1.807) is 0 Å². The minimum atomic E-state index is -4.18. The second kappa shape index (κ2) is 7.12. The molecule has 0 aromatic rings. The van der Waals surface area contributed by atoms with E-state index in [0.29, 0.717) is 19.4 Å². The number of carbonyl (C=O) groups is 1. The molecule has 0 aliphatic heterocycles. The van der Waals surface area contributed by atoms with E-state index in [-0.39, 0.29) is 24.8 Å². The number of halogens is 3. The number of rotatable bonds is 5. The zero-order valence-corrected chi connectivity index (χ0v) is 11.3. The zero-order chi connectivity index (χ0) is 14.5. The fourth-order valence-electron chi connectivity index (χ4n) is 2.58. The Morgan fingerprint density at radius 3 is 2.68 bits per heavy atom. The fraction of sp³-hybridized carbons (Fsp3) is 0.923. The summed E-state index contributed by atoms with van der Waals surface area (Å²) in [4.78, 5) is 11.9. The van der Waals surface area contributed by atoms with Gasteiger partial charge in [-0.2, -0.15) is 13.2 Å². The van der Waals surface area contributed by atoms with Gasteiger partial charge in [0.05, 0.1) is 5.92 Å². The van der Waals surface area contributed by atoms with Gasteiger partial charge >= 0.3 is 6.18 Å². The summed E-state index contributed by atoms with van der Waals surface area (Å²) in [5.41, 5.74) is 5.38. The largest absolute Gasteiger partial charge is 0.391 e. The van der Waals surface area contributed by atoms with Crippen molar-refractivity contribution in [3.05, 3.63) is 0 Å². The third kappa shape index (κ3) is 5.38. The smallest absolute Gasteiger partial charge is 0.353 e. The maximum Gasteiger partial charge on any atom is 0.391 e. The standard InChI is InChI=1S/C13H23F3N2O/c1-9(4-3-7-17)18-12(19)10-5-2-6-11(8-10)13(14,15)16/h9-11H,2-8,17H2,1H3,(H,18,19). The molecule has 0 aromatic heterocycles. The van der Waals surface area contributed by atoms with Gasteiger partial charge in [-0.15, -0.1) is 0 Å². The monoisotopic (exact) mass is 280 g/mol. The van der Waals surface area contributed by atoms with Crippen LogP contribution < -0.4 is 11.1 Å². The van der Waals surface area contributed by atoms with Crippen molar-refractivity contribution in [1.29, 1.82) is 0 Å². The Bertz CT molecular complexity index is 294. The molecule has 3 nitrogen and oxygen atoms in total. The third-order valence-electron chi connectivity index (χ3n) is 3.74. The topological polar surface area (TPSA) is 55.1 Å². The number of amides is 1. The molecule has 0 saturated heterocycles. The van der Waals surface area contributed by atoms with Crippen molar-refractivity contribution < 1.29 is 18.0 Å². The molecule has 3 unspecified atom stereocenters. The lowest BCUT2D eigenvalue weighted by Crippen LogP contribution is -2.41. The van der Waals surface area contributed by atoms with E-state index >= 15 is 0 Å². The van der Waals surface area contributed by atoms with Crippen LogP contribution in [-0.4, -0.2) is 24.7 Å². The van der Waals surface area contributed by atoms with Gasteiger partial charge in [0.1, 0.15) is 0 Å². The van der Waals surface area contributed by atoms with Crippen LogP contribution in [0.3, 0.4) is 0 Å². The van der Waals surface area contributed by atoms with Gasteiger partial charge in [-0.05, 0) is 45.6 Å². The van der Waals surface area contributed by atoms with Crippen LogP contribution in [0.4, 0.5) is 13.2 Å². The highest BCUT2D eigenvalue weighted by Crippen LogP contribution is 2.39. The fourth-order valence-corrected chi connectivity index (χ4v) is 2.58. The molecule has 3 atom stereocenters. The van der Waals surface area contributed by atoms with Gasteiger partial charge < -0.3 is 11.1 Å². The van der Waals surface area contributed by atoms with E-state index in [9.17, 15) is 18.0 Å². The lowest BCUT2D eigenvalue weighted by molar-refractivity contribution is -0.186. The summed E-state index contributed by atoms with van der Waals surface area (Å²) in [6.45, 7) is 2.41. The Hall–Kier alpha value is -0.780. The van der Waals surface area contributed by atoms with Crippen LogP contribution in [0.1, 0.15) is 45.4 Å². The van der Waals surface area contributed by atoms with Crippen molar-refractivity contribution >= 4 is 5.91 Å². The molecule has 1 amide bonds. The van der Waals surface area contributed by atoms with E-state index in [2.05, 4.69) is 5.32 Å². The Morgan fingerprint density at radius 2 is 2.11 bits per heavy atom. The summed E-state index contributed by atoms with van der Waals surface area (Å²) in [7, 11) is 0. The van der Waals surface area contributed by atoms with Crippen LogP contribution in [-0.2, 0) is 4.79 Å². The molecule has 0 radical (unpaired) electrons. The molecule has 3 N–H and O–H groups in total. The first-order valence-electron chi connectivity index (χ1n) is 6.91. The summed E-state index contributed by atoms with van der Waals surface area (Å²) in [5.74, 6) is -2.06. The zero-order valence-electron chi connectivity index (χ0n) is 11.3. The van der Waals surface area contributed by atoms with E-state index in [0.717, 1.165) is 12.8 Å². The quantitative estimate of drug-likeness (QED) is 0.813. The van der Waals surface area contributed by atoms with E-state index in [1.807, 2.05) is 6.92 Å². The predicted octanol–water partition coefficient (Wildman–Crippen LogP) is 2.60. The van der Waals surface area contributed by atoms with Crippen molar-refractivity contribution in [2.45, 2.75) is 57.7 Å². The van der Waals surface area contributed by atoms with Crippen LogP contribution in [0.2, 0.25) is 0 Å². The van der Waals surface area contributed by atoms with Gasteiger partial charge in [-0.1, -0.05) is 6.42 Å². The van der Waals surface area contributed by atoms with Crippen LogP contribution in [0.15, 0.2) is 0 Å². The van der Waals surface area contributed by atoms with Crippen molar-refractivity contribution in [2.75, 3.05) is 6.54 Å². The molecule has 1 saturated carbocycles. The molecular weight excluding hydrogens is 257 g/mol. The maximum atomic E-state index is 12.7. The minimum absolute atomic E-state index is 0.0256. The number of hydrogen-bond acceptors (Lipinski definition) is 2. The summed E-state index contributed by atoms with van der Waals surface area (Å²) in [6, 6.07) is -0.0256. The molecule has 0 spiro atoms. The van der Waals surface area contributed by atoms with Gasteiger partial charge in [0.15, 0.2) is 0 Å². The SMILES string of the molecule is CC(CCCN)NC(=O)C1CCCC(C(F)(F)F)C1. The summed E-state index contributed by atoms with van der Waals surface area (Å²) < 4.78 is 38.0. The number of hydrogen-bond donors (Lipinski definition) is 2. The van der Waals surface area contributed by atoms with Gasteiger partial charge in [0, 0.05) is 12.0 Å². The van der Waals surface area contributed by atoms with E-state index in [4.69, 9.17) is 5.73 Å². The Kier molecular flexibility index (Phi) is 6.10. The average Bonchev–Trinajstić information content (AvgIpc) is 2.35. The first kappa shape index (κ1) is 16.3. The van der Waals surface area contributed by atoms with Gasteiger partial charge in [0.2, 0.25) is 5.91 Å². The first-order chi connectivity index (χ1) is 8.84. The summed E-state index contributed by atoms with van der Waals surface area (Å²) in [6.07, 6.45) is -1.50. The van der Waals surface area contributed by atoms with Crippen molar-refractivity contribution in [3.8, 4) is 0 Å². The number of alkyl halides is 3. The minimum Gasteiger partial charge on any atom is -0.353 e. The number of nitrogens with two attached hydrogens (primary N) is 1. The second-order valence-electron chi connectivity index (χ2n) is 5.44. The molecule has 1 aliphatic carbocycles. The molecule has 112 valence electrons. The second-order valence-corrected chi connectivity index (χ2v) is 5.44. The molecule has 0 bridgehead atoms. The molecular formula is C13H23F3N2O. The van der Waals surface area contributed by atoms with Crippen LogP contribution >= 0.6 is 0 Å². The van der Waals surface area contributed by atoms with Crippen molar-refractivity contribution in [2.24, 2.45) is 17.6 Å². The number of nitrogens with one attached hydrogen (secondary N) is 1. The van der Waals surface area contributed by atoms with Crippen LogP contribution in [0.25, 0.3) is 0 Å². The van der Waals surface area contributed by atoms with Crippen LogP contribution in [0, 0.1) is 11.8 Å². The molecule has 1 rings (SSSR count). The third-order valence-corrected chi connectivity index (χ3v) is 3.74. The lowest BCUT2D eigenvalue weighted by atomic mass is 9.80. The molecule has 6 heteroatoms. The Balaban J connectivity index is 2.44. The number of carbonyl (C=O) groups excluding carboxylic acids is 1. The summed E-state index contributed by atoms with van der Waals surface area (Å²) in [5, 5.41) is 2.79. The highest BCUT2D eigenvalue weighted by molar-refractivity contribution is 5.79. The Labute approximate surface area is 112 Å². The highest BCUT2D eigenvalue weighted by atomic mass is 19.4. The maximum absolute atomic E-state index is 12.7. The van der Waals surface area contributed by atoms with E-state index in [1.165, 1.54) is 0 Å². The van der Waals surface area contributed by atoms with Crippen molar-refractivity contribution in [3.63, 3.8) is 0 Å². The molecule has 0 aromatic carbocycles. The average molecular weight is 280 g/mol. The lowest BCUT2D eigenvalue weighted by Gasteiger charge is -2.30. The normalized spacial score (nSPS) is 25.9. The molecule has 0 heterocycles. The molecule has 1 fully saturated rings. The van der Waals surface area contributed by atoms with Gasteiger partial charge in [-0.25, -0.2) is 0 Å². The van der Waals surface area contributed by atoms with Gasteiger partial charge in [-0.3, -0.25) is 4.79 Å². The van der Waals surface area contributed by atoms with Crippen LogP contribution in [0.5, 0.6) is 0 Å². The Morgan fingerprint density at radius 1 is 1.42 bits per heavy atom. The molecule has 19 heavy (non-hydrogen) atoms. The van der Waals surface area contributed by atoms with E-state index < -0.39 is 18.0 Å². The van der Waals surface area contributed by atoms with Crippen molar-refractivity contribution in [1.82, 2.24) is 5.32 Å². The first-order valence-corrected chi connectivity index (χ1v) is 6.91. The predicted molar refractivity (Wildman–Crippen MR) is 67.4 cm³/mol.